The zero-order chi connectivity index (χ0) is 16.1. The molecule has 3 rings (SSSR count). The maximum atomic E-state index is 12.6. The molecule has 0 aliphatic carbocycles. The first-order valence-corrected chi connectivity index (χ1v) is 7.91. The highest BCUT2D eigenvalue weighted by molar-refractivity contribution is 5.71. The molecule has 0 radical (unpaired) electrons. The molecule has 1 amide bonds. The molecule has 1 saturated heterocycles. The highest BCUT2D eigenvalue weighted by Gasteiger charge is 2.49. The van der Waals surface area contributed by atoms with Crippen LogP contribution in [0.4, 0.5) is 10.6 Å². The molecule has 3 heterocycles. The first-order chi connectivity index (χ1) is 10.2. The van der Waals surface area contributed by atoms with Crippen molar-refractivity contribution in [2.45, 2.75) is 58.2 Å². The van der Waals surface area contributed by atoms with E-state index in [0.717, 1.165) is 18.8 Å². The van der Waals surface area contributed by atoms with Gasteiger partial charge in [-0.25, -0.2) is 9.78 Å². The van der Waals surface area contributed by atoms with Crippen LogP contribution in [0.15, 0.2) is 18.3 Å². The Balaban J connectivity index is 1.85. The lowest BCUT2D eigenvalue weighted by Crippen LogP contribution is -2.66. The fourth-order valence-electron chi connectivity index (χ4n) is 3.53. The van der Waals surface area contributed by atoms with Crippen LogP contribution in [0.3, 0.4) is 0 Å². The van der Waals surface area contributed by atoms with Crippen molar-refractivity contribution in [3.63, 3.8) is 0 Å². The summed E-state index contributed by atoms with van der Waals surface area (Å²) in [6.07, 6.45) is 2.55. The lowest BCUT2D eigenvalue weighted by atomic mass is 9.87. The molecule has 0 saturated carbocycles. The van der Waals surface area contributed by atoms with E-state index in [1.807, 2.05) is 37.9 Å². The van der Waals surface area contributed by atoms with Crippen molar-refractivity contribution in [3.8, 4) is 0 Å². The molecular weight excluding hydrogens is 278 g/mol. The van der Waals surface area contributed by atoms with E-state index in [1.54, 1.807) is 0 Å². The third kappa shape index (κ3) is 2.42. The Kier molecular flexibility index (Phi) is 3.34. The second-order valence-corrected chi connectivity index (χ2v) is 7.69. The minimum atomic E-state index is -0.468. The summed E-state index contributed by atoms with van der Waals surface area (Å²) in [6.45, 7) is 11.4. The number of aromatic nitrogens is 1. The third-order valence-electron chi connectivity index (χ3n) is 4.62. The van der Waals surface area contributed by atoms with Crippen LogP contribution in [0, 0.1) is 0 Å². The fourth-order valence-corrected chi connectivity index (χ4v) is 3.53. The van der Waals surface area contributed by atoms with Gasteiger partial charge in [0.2, 0.25) is 0 Å². The van der Waals surface area contributed by atoms with Crippen molar-refractivity contribution in [1.29, 1.82) is 0 Å². The number of carbonyl (C=O) groups is 1. The molecule has 0 N–H and O–H groups in total. The summed E-state index contributed by atoms with van der Waals surface area (Å²) < 4.78 is 5.59. The Morgan fingerprint density at radius 1 is 1.36 bits per heavy atom. The minimum absolute atomic E-state index is 0.221. The number of amides is 1. The average molecular weight is 303 g/mol. The second-order valence-electron chi connectivity index (χ2n) is 7.69. The Hall–Kier alpha value is -1.78. The van der Waals surface area contributed by atoms with Crippen molar-refractivity contribution < 1.29 is 9.53 Å². The minimum Gasteiger partial charge on any atom is -0.444 e. The zero-order valence-corrected chi connectivity index (χ0v) is 14.1. The highest BCUT2D eigenvalue weighted by atomic mass is 16.6. The van der Waals surface area contributed by atoms with Gasteiger partial charge >= 0.3 is 6.09 Å². The molecule has 0 bridgehead atoms. The van der Waals surface area contributed by atoms with Crippen LogP contribution in [0.2, 0.25) is 0 Å². The van der Waals surface area contributed by atoms with Gasteiger partial charge in [0.1, 0.15) is 11.4 Å². The first kappa shape index (κ1) is 15.1. The fraction of sp³-hybridized carbons (Fsp3) is 0.647. The van der Waals surface area contributed by atoms with Crippen LogP contribution in [0.1, 0.15) is 40.2 Å². The van der Waals surface area contributed by atoms with Crippen LogP contribution in [0.25, 0.3) is 0 Å². The monoisotopic (exact) mass is 303 g/mol. The molecule has 0 aromatic carbocycles. The van der Waals surface area contributed by atoms with Gasteiger partial charge in [0.25, 0.3) is 0 Å². The maximum absolute atomic E-state index is 12.6. The van der Waals surface area contributed by atoms with Gasteiger partial charge in [0.15, 0.2) is 0 Å². The number of nitrogens with zero attached hydrogens (tertiary/aromatic N) is 3. The molecule has 120 valence electrons. The number of anilines is 1. The maximum Gasteiger partial charge on any atom is 0.410 e. The van der Waals surface area contributed by atoms with Gasteiger partial charge in [-0.05, 0) is 52.7 Å². The molecule has 5 nitrogen and oxygen atoms in total. The van der Waals surface area contributed by atoms with Crippen LogP contribution in [-0.2, 0) is 11.2 Å². The Labute approximate surface area is 132 Å². The van der Waals surface area contributed by atoms with Gasteiger partial charge in [0, 0.05) is 19.3 Å². The lowest BCUT2D eigenvalue weighted by Gasteiger charge is -2.51. The molecule has 5 heteroatoms. The summed E-state index contributed by atoms with van der Waals surface area (Å²) in [6, 6.07) is 4.36. The summed E-state index contributed by atoms with van der Waals surface area (Å²) in [5.74, 6) is 1.07. The standard InChI is InChI=1S/C17H25N3O2/c1-16(2,3)22-15(21)20-10-9-19-13(17(20,4)5)11-12-7-6-8-18-14(12)19/h6-8,13H,9-11H2,1-5H3. The number of hydrogen-bond acceptors (Lipinski definition) is 4. The van der Waals surface area contributed by atoms with Crippen molar-refractivity contribution in [2.24, 2.45) is 0 Å². The molecule has 1 unspecified atom stereocenters. The zero-order valence-electron chi connectivity index (χ0n) is 14.1. The number of piperazine rings is 1. The largest absolute Gasteiger partial charge is 0.444 e. The van der Waals surface area contributed by atoms with Crippen LogP contribution < -0.4 is 4.90 Å². The number of fused-ring (bicyclic) bond motifs is 3. The molecule has 1 fully saturated rings. The van der Waals surface area contributed by atoms with Crippen LogP contribution >= 0.6 is 0 Å². The van der Waals surface area contributed by atoms with E-state index in [4.69, 9.17) is 4.74 Å². The van der Waals surface area contributed by atoms with E-state index in [-0.39, 0.29) is 17.7 Å². The Morgan fingerprint density at radius 3 is 2.77 bits per heavy atom. The normalized spacial score (nSPS) is 23.0. The van der Waals surface area contributed by atoms with Crippen LogP contribution in [-0.4, -0.2) is 46.2 Å². The SMILES string of the molecule is CC(C)(C)OC(=O)N1CCN2c3ncccc3CC2C1(C)C. The number of pyridine rings is 1. The summed E-state index contributed by atoms with van der Waals surface area (Å²) in [7, 11) is 0. The van der Waals surface area contributed by atoms with E-state index >= 15 is 0 Å². The molecule has 1 aromatic heterocycles. The lowest BCUT2D eigenvalue weighted by molar-refractivity contribution is -0.00793. The summed E-state index contributed by atoms with van der Waals surface area (Å²) in [4.78, 5) is 21.3. The second kappa shape index (κ2) is 4.86. The molecular formula is C17H25N3O2. The van der Waals surface area contributed by atoms with Gasteiger partial charge in [-0.2, -0.15) is 0 Å². The van der Waals surface area contributed by atoms with Crippen molar-refractivity contribution >= 4 is 11.9 Å². The number of carbonyl (C=O) groups excluding carboxylic acids is 1. The van der Waals surface area contributed by atoms with E-state index in [9.17, 15) is 4.79 Å². The molecule has 2 aliphatic rings. The summed E-state index contributed by atoms with van der Waals surface area (Å²) in [5.41, 5.74) is 0.512. The molecule has 0 spiro atoms. The number of hydrogen-bond donors (Lipinski definition) is 0. The Morgan fingerprint density at radius 2 is 2.09 bits per heavy atom. The van der Waals surface area contributed by atoms with Crippen molar-refractivity contribution in [3.05, 3.63) is 23.9 Å². The Bertz CT molecular complexity index is 592. The molecule has 22 heavy (non-hydrogen) atoms. The van der Waals surface area contributed by atoms with Gasteiger partial charge in [0.05, 0.1) is 11.6 Å². The quantitative estimate of drug-likeness (QED) is 0.739. The van der Waals surface area contributed by atoms with Gasteiger partial charge < -0.3 is 9.64 Å². The molecule has 1 aromatic rings. The third-order valence-corrected chi connectivity index (χ3v) is 4.62. The van der Waals surface area contributed by atoms with E-state index in [0.29, 0.717) is 6.54 Å². The topological polar surface area (TPSA) is 45.7 Å². The molecule has 1 atom stereocenters. The van der Waals surface area contributed by atoms with E-state index in [2.05, 4.69) is 29.8 Å². The van der Waals surface area contributed by atoms with Crippen molar-refractivity contribution in [1.82, 2.24) is 9.88 Å². The van der Waals surface area contributed by atoms with E-state index in [1.165, 1.54) is 5.56 Å². The van der Waals surface area contributed by atoms with Gasteiger partial charge in [-0.3, -0.25) is 4.90 Å². The predicted octanol–water partition coefficient (Wildman–Crippen LogP) is 2.84. The van der Waals surface area contributed by atoms with Gasteiger partial charge in [-0.1, -0.05) is 6.07 Å². The van der Waals surface area contributed by atoms with Crippen LogP contribution in [0.5, 0.6) is 0 Å². The number of rotatable bonds is 0. The summed E-state index contributed by atoms with van der Waals surface area (Å²) >= 11 is 0. The van der Waals surface area contributed by atoms with E-state index < -0.39 is 5.60 Å². The average Bonchev–Trinajstić information content (AvgIpc) is 2.77. The highest BCUT2D eigenvalue weighted by Crippen LogP contribution is 2.40. The van der Waals surface area contributed by atoms with Crippen molar-refractivity contribution in [2.75, 3.05) is 18.0 Å². The predicted molar refractivity (Wildman–Crippen MR) is 86.1 cm³/mol. The number of ether oxygens (including phenoxy) is 1. The smallest absolute Gasteiger partial charge is 0.410 e. The first-order valence-electron chi connectivity index (χ1n) is 7.91. The van der Waals surface area contributed by atoms with Gasteiger partial charge in [-0.15, -0.1) is 0 Å². The molecule has 2 aliphatic heterocycles. The summed E-state index contributed by atoms with van der Waals surface area (Å²) in [5, 5.41) is 0.